The summed E-state index contributed by atoms with van der Waals surface area (Å²) >= 11 is 12.4. The Bertz CT molecular complexity index is 650. The molecule has 0 fully saturated rings. The molecular weight excluding hydrogens is 295 g/mol. The highest BCUT2D eigenvalue weighted by Crippen LogP contribution is 2.32. The highest BCUT2D eigenvalue weighted by Gasteiger charge is 2.12. The molecule has 0 bridgehead atoms. The molecule has 2 aromatic rings. The van der Waals surface area contributed by atoms with Gasteiger partial charge in [0.05, 0.1) is 6.61 Å². The smallest absolute Gasteiger partial charge is 0.306 e. The zero-order valence-electron chi connectivity index (χ0n) is 11.5. The SMILES string of the molecule is CCOC(=O)CCc1c(Cl)cc(C)c2ccc(Cl)cc12. The lowest BCUT2D eigenvalue weighted by Gasteiger charge is -2.12. The summed E-state index contributed by atoms with van der Waals surface area (Å²) in [6.45, 7) is 4.20. The first-order valence-electron chi connectivity index (χ1n) is 6.55. The summed E-state index contributed by atoms with van der Waals surface area (Å²) in [4.78, 5) is 11.5. The average Bonchev–Trinajstić information content (AvgIpc) is 2.38. The van der Waals surface area contributed by atoms with Crippen LogP contribution < -0.4 is 0 Å². The van der Waals surface area contributed by atoms with Crippen molar-refractivity contribution in [1.29, 1.82) is 0 Å². The summed E-state index contributed by atoms with van der Waals surface area (Å²) < 4.78 is 4.95. The molecule has 0 unspecified atom stereocenters. The van der Waals surface area contributed by atoms with Gasteiger partial charge in [-0.2, -0.15) is 0 Å². The molecule has 4 heteroatoms. The maximum Gasteiger partial charge on any atom is 0.306 e. The van der Waals surface area contributed by atoms with Gasteiger partial charge in [0.1, 0.15) is 0 Å². The van der Waals surface area contributed by atoms with Crippen LogP contribution in [0.15, 0.2) is 24.3 Å². The van der Waals surface area contributed by atoms with Gasteiger partial charge in [-0.3, -0.25) is 4.79 Å². The molecule has 2 rings (SSSR count). The van der Waals surface area contributed by atoms with E-state index in [1.807, 2.05) is 31.2 Å². The Morgan fingerprint density at radius 2 is 1.95 bits per heavy atom. The van der Waals surface area contributed by atoms with Gasteiger partial charge in [-0.05, 0) is 60.4 Å². The molecule has 0 spiro atoms. The lowest BCUT2D eigenvalue weighted by molar-refractivity contribution is -0.143. The second-order valence-electron chi connectivity index (χ2n) is 4.65. The first-order chi connectivity index (χ1) is 9.52. The number of carbonyl (C=O) groups excluding carboxylic acids is 1. The van der Waals surface area contributed by atoms with Crippen molar-refractivity contribution in [3.8, 4) is 0 Å². The van der Waals surface area contributed by atoms with Crippen LogP contribution >= 0.6 is 23.2 Å². The molecule has 2 nitrogen and oxygen atoms in total. The monoisotopic (exact) mass is 310 g/mol. The largest absolute Gasteiger partial charge is 0.466 e. The summed E-state index contributed by atoms with van der Waals surface area (Å²) in [5, 5.41) is 3.45. The number of fused-ring (bicyclic) bond motifs is 1. The van der Waals surface area contributed by atoms with E-state index in [1.54, 1.807) is 6.92 Å². The highest BCUT2D eigenvalue weighted by atomic mass is 35.5. The summed E-state index contributed by atoms with van der Waals surface area (Å²) in [6, 6.07) is 7.67. The predicted molar refractivity (Wildman–Crippen MR) is 83.7 cm³/mol. The second kappa shape index (κ2) is 6.47. The fourth-order valence-corrected chi connectivity index (χ4v) is 2.84. The van der Waals surface area contributed by atoms with Crippen LogP contribution in [0.1, 0.15) is 24.5 Å². The van der Waals surface area contributed by atoms with E-state index in [2.05, 4.69) is 0 Å². The number of rotatable bonds is 4. The number of hydrogen-bond donors (Lipinski definition) is 0. The Kier molecular flexibility index (Phi) is 4.90. The van der Waals surface area contributed by atoms with Crippen molar-refractivity contribution in [3.63, 3.8) is 0 Å². The first kappa shape index (κ1) is 15.1. The fourth-order valence-electron chi connectivity index (χ4n) is 2.31. The highest BCUT2D eigenvalue weighted by molar-refractivity contribution is 6.33. The zero-order valence-corrected chi connectivity index (χ0v) is 13.0. The van der Waals surface area contributed by atoms with Gasteiger partial charge < -0.3 is 4.74 Å². The van der Waals surface area contributed by atoms with Crippen LogP contribution in [0.2, 0.25) is 10.0 Å². The third kappa shape index (κ3) is 3.25. The van der Waals surface area contributed by atoms with Gasteiger partial charge in [-0.25, -0.2) is 0 Å². The molecule has 0 aliphatic heterocycles. The van der Waals surface area contributed by atoms with Crippen LogP contribution in [0.4, 0.5) is 0 Å². The fraction of sp³-hybridized carbons (Fsp3) is 0.312. The van der Waals surface area contributed by atoms with Crippen LogP contribution in [0, 0.1) is 6.92 Å². The number of benzene rings is 2. The number of esters is 1. The molecule has 106 valence electrons. The maximum atomic E-state index is 11.5. The van der Waals surface area contributed by atoms with Gasteiger partial charge in [0, 0.05) is 16.5 Å². The van der Waals surface area contributed by atoms with E-state index in [4.69, 9.17) is 27.9 Å². The van der Waals surface area contributed by atoms with Crippen molar-refractivity contribution in [3.05, 3.63) is 45.4 Å². The third-order valence-corrected chi connectivity index (χ3v) is 3.82. The minimum absolute atomic E-state index is 0.209. The molecular formula is C16H16Cl2O2. The molecule has 0 saturated carbocycles. The molecule has 0 N–H and O–H groups in total. The molecule has 0 aliphatic rings. The van der Waals surface area contributed by atoms with E-state index in [0.29, 0.717) is 29.5 Å². The normalized spacial score (nSPS) is 10.8. The maximum absolute atomic E-state index is 11.5. The zero-order chi connectivity index (χ0) is 14.7. The van der Waals surface area contributed by atoms with Crippen molar-refractivity contribution >= 4 is 39.9 Å². The topological polar surface area (TPSA) is 26.3 Å². The van der Waals surface area contributed by atoms with Gasteiger partial charge in [0.2, 0.25) is 0 Å². The molecule has 20 heavy (non-hydrogen) atoms. The van der Waals surface area contributed by atoms with Gasteiger partial charge in [0.15, 0.2) is 0 Å². The molecule has 2 aromatic carbocycles. The number of carbonyl (C=O) groups is 1. The van der Waals surface area contributed by atoms with Gasteiger partial charge in [-0.15, -0.1) is 0 Å². The first-order valence-corrected chi connectivity index (χ1v) is 7.31. The lowest BCUT2D eigenvalue weighted by Crippen LogP contribution is -2.05. The summed E-state index contributed by atoms with van der Waals surface area (Å²) in [5.41, 5.74) is 2.05. The number of aryl methyl sites for hydroxylation is 2. The third-order valence-electron chi connectivity index (χ3n) is 3.25. The van der Waals surface area contributed by atoms with E-state index in [9.17, 15) is 4.79 Å². The van der Waals surface area contributed by atoms with Crippen molar-refractivity contribution in [2.45, 2.75) is 26.7 Å². The minimum atomic E-state index is -0.209. The van der Waals surface area contributed by atoms with Crippen LogP contribution in [0.3, 0.4) is 0 Å². The van der Waals surface area contributed by atoms with E-state index in [1.165, 1.54) is 0 Å². The van der Waals surface area contributed by atoms with E-state index < -0.39 is 0 Å². The molecule has 0 heterocycles. The molecule has 0 aliphatic carbocycles. The Balaban J connectivity index is 2.41. The van der Waals surface area contributed by atoms with E-state index in [0.717, 1.165) is 21.9 Å². The molecule has 0 saturated heterocycles. The number of halogens is 2. The summed E-state index contributed by atoms with van der Waals surface area (Å²) in [6.07, 6.45) is 0.868. The standard InChI is InChI=1S/C16H16Cl2O2/c1-3-20-16(19)7-6-13-14-9-11(17)4-5-12(14)10(2)8-15(13)18/h4-5,8-9H,3,6-7H2,1-2H3. The van der Waals surface area contributed by atoms with Gasteiger partial charge in [0.25, 0.3) is 0 Å². The molecule has 0 amide bonds. The minimum Gasteiger partial charge on any atom is -0.466 e. The Hall–Kier alpha value is -1.25. The van der Waals surface area contributed by atoms with Gasteiger partial charge >= 0.3 is 5.97 Å². The molecule has 0 radical (unpaired) electrons. The van der Waals surface area contributed by atoms with Crippen molar-refractivity contribution in [1.82, 2.24) is 0 Å². The Morgan fingerprint density at radius 1 is 1.20 bits per heavy atom. The van der Waals surface area contributed by atoms with Crippen LogP contribution in [-0.4, -0.2) is 12.6 Å². The quantitative estimate of drug-likeness (QED) is 0.747. The lowest BCUT2D eigenvalue weighted by atomic mass is 9.97. The number of hydrogen-bond acceptors (Lipinski definition) is 2. The van der Waals surface area contributed by atoms with Crippen LogP contribution in [0.5, 0.6) is 0 Å². The van der Waals surface area contributed by atoms with Crippen molar-refractivity contribution in [2.24, 2.45) is 0 Å². The van der Waals surface area contributed by atoms with Crippen LogP contribution in [0.25, 0.3) is 10.8 Å². The Morgan fingerprint density at radius 3 is 2.65 bits per heavy atom. The second-order valence-corrected chi connectivity index (χ2v) is 5.49. The van der Waals surface area contributed by atoms with Crippen molar-refractivity contribution in [2.75, 3.05) is 6.61 Å². The summed E-state index contributed by atoms with van der Waals surface area (Å²) in [5.74, 6) is -0.209. The Labute approximate surface area is 128 Å². The van der Waals surface area contributed by atoms with E-state index in [-0.39, 0.29) is 5.97 Å². The van der Waals surface area contributed by atoms with Crippen molar-refractivity contribution < 1.29 is 9.53 Å². The van der Waals surface area contributed by atoms with Crippen LogP contribution in [-0.2, 0) is 16.0 Å². The molecule has 0 atom stereocenters. The number of ether oxygens (including phenoxy) is 1. The van der Waals surface area contributed by atoms with E-state index >= 15 is 0 Å². The average molecular weight is 311 g/mol. The summed E-state index contributed by atoms with van der Waals surface area (Å²) in [7, 11) is 0. The predicted octanol–water partition coefficient (Wildman–Crippen LogP) is 4.95. The van der Waals surface area contributed by atoms with Gasteiger partial charge in [-0.1, -0.05) is 29.3 Å². The molecule has 0 aromatic heterocycles.